The van der Waals surface area contributed by atoms with Crippen LogP contribution in [0.4, 0.5) is 10.3 Å². The Balaban J connectivity index is 1.45. The van der Waals surface area contributed by atoms with Crippen molar-refractivity contribution in [3.63, 3.8) is 0 Å². The van der Waals surface area contributed by atoms with Crippen molar-refractivity contribution in [3.8, 4) is 11.3 Å². The Morgan fingerprint density at radius 2 is 2.00 bits per heavy atom. The zero-order valence-electron chi connectivity index (χ0n) is 19.3. The minimum Gasteiger partial charge on any atom is -0.370 e. The number of morpholine rings is 1. The fourth-order valence-electron chi connectivity index (χ4n) is 4.34. The number of rotatable bonds is 4. The number of nitrogens with zero attached hydrogens (tertiary/aromatic N) is 7. The van der Waals surface area contributed by atoms with E-state index in [9.17, 15) is 9.18 Å². The van der Waals surface area contributed by atoms with Gasteiger partial charge in [0.25, 0.3) is 5.56 Å². The largest absolute Gasteiger partial charge is 0.370 e. The molecule has 0 amide bonds. The molecule has 1 aliphatic heterocycles. The van der Waals surface area contributed by atoms with Gasteiger partial charge in [-0.1, -0.05) is 11.6 Å². The molecule has 1 saturated heterocycles. The highest BCUT2D eigenvalue weighted by Crippen LogP contribution is 2.36. The summed E-state index contributed by atoms with van der Waals surface area (Å²) >= 11 is 5.98. The van der Waals surface area contributed by atoms with E-state index >= 15 is 0 Å². The molecule has 35 heavy (non-hydrogen) atoms. The second-order valence-electron chi connectivity index (χ2n) is 9.01. The maximum Gasteiger partial charge on any atom is 0.279 e. The van der Waals surface area contributed by atoms with Crippen molar-refractivity contribution in [1.29, 1.82) is 0 Å². The van der Waals surface area contributed by atoms with Crippen molar-refractivity contribution in [1.82, 2.24) is 29.3 Å². The molecule has 0 unspecified atom stereocenters. The maximum atomic E-state index is 15.0. The van der Waals surface area contributed by atoms with Gasteiger partial charge in [-0.25, -0.2) is 19.3 Å². The van der Waals surface area contributed by atoms with Crippen molar-refractivity contribution in [3.05, 3.63) is 63.2 Å². The molecule has 180 valence electrons. The molecule has 0 spiro atoms. The molecule has 11 heteroatoms. The second-order valence-corrected chi connectivity index (χ2v) is 9.44. The van der Waals surface area contributed by atoms with E-state index in [2.05, 4.69) is 15.1 Å². The normalized spacial score (nSPS) is 18.4. The Kier molecular flexibility index (Phi) is 5.30. The third-order valence-corrected chi connectivity index (χ3v) is 6.82. The van der Waals surface area contributed by atoms with Gasteiger partial charge < -0.3 is 9.64 Å². The van der Waals surface area contributed by atoms with E-state index in [4.69, 9.17) is 21.3 Å². The summed E-state index contributed by atoms with van der Waals surface area (Å²) in [6, 6.07) is 4.84. The van der Waals surface area contributed by atoms with E-state index in [-0.39, 0.29) is 39.0 Å². The van der Waals surface area contributed by atoms with Crippen molar-refractivity contribution in [2.45, 2.75) is 31.9 Å². The number of halogens is 2. The third-order valence-electron chi connectivity index (χ3n) is 6.59. The molecule has 0 bridgehead atoms. The number of aromatic nitrogens is 6. The number of aryl methyl sites for hydroxylation is 1. The minimum absolute atomic E-state index is 0.136. The van der Waals surface area contributed by atoms with E-state index < -0.39 is 5.82 Å². The molecule has 1 saturated carbocycles. The molecule has 4 aromatic rings. The predicted octanol–water partition coefficient (Wildman–Crippen LogP) is 3.60. The average molecular weight is 496 g/mol. The smallest absolute Gasteiger partial charge is 0.279 e. The van der Waals surface area contributed by atoms with Gasteiger partial charge in [0, 0.05) is 35.9 Å². The lowest BCUT2D eigenvalue weighted by Gasteiger charge is -2.32. The molecule has 1 aliphatic carbocycles. The summed E-state index contributed by atoms with van der Waals surface area (Å²) < 4.78 is 24.4. The van der Waals surface area contributed by atoms with E-state index in [1.165, 1.54) is 10.6 Å². The zero-order valence-corrected chi connectivity index (χ0v) is 20.0. The molecular formula is C24H23ClFN7O2. The molecule has 4 heterocycles. The van der Waals surface area contributed by atoms with Crippen molar-refractivity contribution < 1.29 is 9.13 Å². The van der Waals surface area contributed by atoms with Gasteiger partial charge in [-0.3, -0.25) is 14.0 Å². The number of ether oxygens (including phenoxy) is 1. The van der Waals surface area contributed by atoms with E-state index in [1.54, 1.807) is 26.1 Å². The second kappa shape index (κ2) is 8.39. The first-order chi connectivity index (χ1) is 16.9. The van der Waals surface area contributed by atoms with Gasteiger partial charge in [0.2, 0.25) is 5.95 Å². The van der Waals surface area contributed by atoms with Gasteiger partial charge in [-0.15, -0.1) is 0 Å². The minimum atomic E-state index is -0.545. The van der Waals surface area contributed by atoms with Crippen LogP contribution in [-0.4, -0.2) is 49.0 Å². The van der Waals surface area contributed by atoms with E-state index in [1.807, 2.05) is 22.0 Å². The lowest BCUT2D eigenvalue weighted by Crippen LogP contribution is -2.39. The molecule has 0 N–H and O–H groups in total. The number of anilines is 1. The summed E-state index contributed by atoms with van der Waals surface area (Å²) in [5.41, 5.74) is 1.52. The maximum absolute atomic E-state index is 15.0. The first kappa shape index (κ1) is 22.1. The molecule has 1 atom stereocenters. The number of hydrogen-bond donors (Lipinski definition) is 0. The van der Waals surface area contributed by atoms with Gasteiger partial charge >= 0.3 is 0 Å². The van der Waals surface area contributed by atoms with E-state index in [0.717, 1.165) is 18.4 Å². The highest BCUT2D eigenvalue weighted by Gasteiger charge is 2.29. The number of benzene rings is 1. The van der Waals surface area contributed by atoms with Crippen molar-refractivity contribution in [2.24, 2.45) is 7.05 Å². The lowest BCUT2D eigenvalue weighted by atomic mass is 10.1. The zero-order chi connectivity index (χ0) is 24.3. The highest BCUT2D eigenvalue weighted by molar-refractivity contribution is 6.30. The van der Waals surface area contributed by atoms with E-state index in [0.29, 0.717) is 37.5 Å². The number of hydrogen-bond acceptors (Lipinski definition) is 7. The van der Waals surface area contributed by atoms with Crippen LogP contribution < -0.4 is 10.5 Å². The van der Waals surface area contributed by atoms with Crippen molar-refractivity contribution in [2.75, 3.05) is 24.6 Å². The Morgan fingerprint density at radius 1 is 1.17 bits per heavy atom. The van der Waals surface area contributed by atoms with Gasteiger partial charge in [0.15, 0.2) is 5.52 Å². The van der Waals surface area contributed by atoms with Gasteiger partial charge in [0.05, 0.1) is 25.4 Å². The summed E-state index contributed by atoms with van der Waals surface area (Å²) in [6.45, 7) is 3.17. The fraction of sp³-hybridized carbons (Fsp3) is 0.375. The average Bonchev–Trinajstić information content (AvgIpc) is 3.59. The first-order valence-corrected chi connectivity index (χ1v) is 11.9. The van der Waals surface area contributed by atoms with Gasteiger partial charge in [-0.05, 0) is 38.0 Å². The van der Waals surface area contributed by atoms with Crippen LogP contribution in [0.1, 0.15) is 36.4 Å². The molecule has 2 fully saturated rings. The summed E-state index contributed by atoms with van der Waals surface area (Å²) in [4.78, 5) is 28.9. The summed E-state index contributed by atoms with van der Waals surface area (Å²) in [6.07, 6.45) is 5.95. The van der Waals surface area contributed by atoms with Crippen LogP contribution >= 0.6 is 11.6 Å². The summed E-state index contributed by atoms with van der Waals surface area (Å²) in [5.74, 6) is 0.261. The molecule has 3 aromatic heterocycles. The highest BCUT2D eigenvalue weighted by atomic mass is 35.5. The van der Waals surface area contributed by atoms with Crippen LogP contribution in [-0.2, 0) is 11.8 Å². The quantitative estimate of drug-likeness (QED) is 0.427. The lowest BCUT2D eigenvalue weighted by molar-refractivity contribution is 0.0392. The SMILES string of the molecule is Cc1nc2c(-c3ccc(Cl)cc3F)nc(N3CCO[C@@H](c4cnn(C5CC5)c4)C3)nc2c(=O)n1C. The Morgan fingerprint density at radius 3 is 2.77 bits per heavy atom. The van der Waals surface area contributed by atoms with Gasteiger partial charge in [0.1, 0.15) is 29.0 Å². The monoisotopic (exact) mass is 495 g/mol. The van der Waals surface area contributed by atoms with Crippen LogP contribution in [0.25, 0.3) is 22.3 Å². The Hall–Kier alpha value is -3.37. The van der Waals surface area contributed by atoms with Crippen LogP contribution in [0.3, 0.4) is 0 Å². The standard InChI is InChI=1S/C24H23ClFN7O2/c1-13-28-21-20(17-6-3-15(25)9-18(17)26)29-24(30-22(21)23(34)31(13)2)32-7-8-35-19(12-32)14-10-27-33(11-14)16-4-5-16/h3,6,9-11,16,19H,4-5,7-8,12H2,1-2H3/t19-/m1/s1. The third kappa shape index (κ3) is 3.96. The summed E-state index contributed by atoms with van der Waals surface area (Å²) in [5, 5.41) is 4.75. The molecule has 9 nitrogen and oxygen atoms in total. The van der Waals surface area contributed by atoms with Crippen molar-refractivity contribution >= 4 is 28.6 Å². The molecule has 0 radical (unpaired) electrons. The fourth-order valence-corrected chi connectivity index (χ4v) is 4.50. The topological polar surface area (TPSA) is 91.0 Å². The molecular weight excluding hydrogens is 473 g/mol. The van der Waals surface area contributed by atoms with Gasteiger partial charge in [-0.2, -0.15) is 5.10 Å². The Bertz CT molecular complexity index is 1510. The van der Waals surface area contributed by atoms with Crippen LogP contribution in [0.2, 0.25) is 5.02 Å². The number of fused-ring (bicyclic) bond motifs is 1. The molecule has 2 aliphatic rings. The van der Waals surface area contributed by atoms with Crippen LogP contribution in [0.5, 0.6) is 0 Å². The summed E-state index contributed by atoms with van der Waals surface area (Å²) in [7, 11) is 1.64. The Labute approximate surface area is 205 Å². The van der Waals surface area contributed by atoms with Crippen LogP contribution in [0.15, 0.2) is 35.4 Å². The molecule has 1 aromatic carbocycles. The molecule has 6 rings (SSSR count). The van der Waals surface area contributed by atoms with Crippen LogP contribution in [0, 0.1) is 12.7 Å². The predicted molar refractivity (Wildman–Crippen MR) is 129 cm³/mol. The first-order valence-electron chi connectivity index (χ1n) is 11.5.